The highest BCUT2D eigenvalue weighted by Crippen LogP contribution is 2.32. The number of piperazine rings is 1. The molecule has 1 aliphatic rings. The smallest absolute Gasteiger partial charge is 0.161 e. The van der Waals surface area contributed by atoms with E-state index in [1.54, 1.807) is 0 Å². The predicted octanol–water partition coefficient (Wildman–Crippen LogP) is 5.43. The van der Waals surface area contributed by atoms with Crippen LogP contribution in [0, 0.1) is 0 Å². The molecule has 0 amide bonds. The van der Waals surface area contributed by atoms with E-state index in [2.05, 4.69) is 95.7 Å². The first kappa shape index (κ1) is 23.3. The molecule has 0 N–H and O–H groups in total. The van der Waals surface area contributed by atoms with Gasteiger partial charge in [-0.1, -0.05) is 66.7 Å². The van der Waals surface area contributed by atoms with Crippen LogP contribution in [-0.4, -0.2) is 55.7 Å². The van der Waals surface area contributed by atoms with Crippen LogP contribution in [-0.2, 0) is 6.42 Å². The molecule has 174 valence electrons. The van der Waals surface area contributed by atoms with E-state index >= 15 is 0 Å². The summed E-state index contributed by atoms with van der Waals surface area (Å²) in [5.41, 5.74) is 4.00. The van der Waals surface area contributed by atoms with Crippen LogP contribution >= 0.6 is 0 Å². The van der Waals surface area contributed by atoms with Crippen LogP contribution in [0.1, 0.15) is 36.6 Å². The molecular weight excluding hydrogens is 408 g/mol. The summed E-state index contributed by atoms with van der Waals surface area (Å²) in [5.74, 6) is 1.67. The number of ether oxygens (including phenoxy) is 2. The molecule has 0 bridgehead atoms. The van der Waals surface area contributed by atoms with Gasteiger partial charge in [0.05, 0.1) is 19.3 Å². The van der Waals surface area contributed by atoms with Crippen LogP contribution in [0.3, 0.4) is 0 Å². The Bertz CT molecular complexity index is 954. The molecule has 4 heteroatoms. The van der Waals surface area contributed by atoms with Crippen molar-refractivity contribution in [3.63, 3.8) is 0 Å². The first-order valence-corrected chi connectivity index (χ1v) is 12.1. The molecule has 1 heterocycles. The number of hydrogen-bond acceptors (Lipinski definition) is 4. The summed E-state index contributed by atoms with van der Waals surface area (Å²) in [7, 11) is 2.25. The van der Waals surface area contributed by atoms with Gasteiger partial charge in [0.1, 0.15) is 0 Å². The van der Waals surface area contributed by atoms with Gasteiger partial charge in [0.25, 0.3) is 0 Å². The summed E-state index contributed by atoms with van der Waals surface area (Å²) < 4.78 is 11.6. The van der Waals surface area contributed by atoms with E-state index in [9.17, 15) is 0 Å². The molecule has 1 fully saturated rings. The SMILES string of the molecule is CCOc1ccc(CC2CN(C(c3ccccc3)c3ccccc3)CCN2C)cc1OCC. The Balaban J connectivity index is 1.56. The normalized spacial score (nSPS) is 17.3. The Morgan fingerprint density at radius 1 is 0.788 bits per heavy atom. The lowest BCUT2D eigenvalue weighted by Gasteiger charge is -2.43. The van der Waals surface area contributed by atoms with Crippen molar-refractivity contribution in [1.29, 1.82) is 0 Å². The molecule has 33 heavy (non-hydrogen) atoms. The lowest BCUT2D eigenvalue weighted by atomic mass is 9.94. The fourth-order valence-electron chi connectivity index (χ4n) is 4.80. The molecule has 4 rings (SSSR count). The minimum absolute atomic E-state index is 0.267. The van der Waals surface area contributed by atoms with Crippen molar-refractivity contribution in [2.75, 3.05) is 39.9 Å². The zero-order valence-electron chi connectivity index (χ0n) is 20.1. The number of benzene rings is 3. The Morgan fingerprint density at radius 2 is 1.39 bits per heavy atom. The van der Waals surface area contributed by atoms with Crippen LogP contribution in [0.2, 0.25) is 0 Å². The molecule has 0 radical (unpaired) electrons. The molecule has 0 spiro atoms. The molecule has 0 saturated carbocycles. The van der Waals surface area contributed by atoms with Crippen molar-refractivity contribution >= 4 is 0 Å². The highest BCUT2D eigenvalue weighted by molar-refractivity contribution is 5.43. The third kappa shape index (κ3) is 5.76. The average molecular weight is 445 g/mol. The minimum atomic E-state index is 0.267. The average Bonchev–Trinajstić information content (AvgIpc) is 2.84. The zero-order chi connectivity index (χ0) is 23.0. The van der Waals surface area contributed by atoms with Crippen LogP contribution in [0.4, 0.5) is 0 Å². The maximum Gasteiger partial charge on any atom is 0.161 e. The highest BCUT2D eigenvalue weighted by Gasteiger charge is 2.30. The van der Waals surface area contributed by atoms with Crippen molar-refractivity contribution in [2.45, 2.75) is 32.4 Å². The zero-order valence-corrected chi connectivity index (χ0v) is 20.1. The van der Waals surface area contributed by atoms with Gasteiger partial charge in [-0.3, -0.25) is 4.90 Å². The molecule has 1 atom stereocenters. The van der Waals surface area contributed by atoms with E-state index in [-0.39, 0.29) is 6.04 Å². The van der Waals surface area contributed by atoms with Gasteiger partial charge in [0, 0.05) is 25.7 Å². The van der Waals surface area contributed by atoms with Crippen molar-refractivity contribution in [2.24, 2.45) is 0 Å². The van der Waals surface area contributed by atoms with Crippen molar-refractivity contribution in [3.05, 3.63) is 95.6 Å². The molecule has 1 aliphatic heterocycles. The quantitative estimate of drug-likeness (QED) is 0.439. The van der Waals surface area contributed by atoms with E-state index < -0.39 is 0 Å². The highest BCUT2D eigenvalue weighted by atomic mass is 16.5. The van der Waals surface area contributed by atoms with Gasteiger partial charge in [0.15, 0.2) is 11.5 Å². The van der Waals surface area contributed by atoms with Crippen molar-refractivity contribution < 1.29 is 9.47 Å². The Hall–Kier alpha value is -2.82. The van der Waals surface area contributed by atoms with Gasteiger partial charge in [-0.15, -0.1) is 0 Å². The largest absolute Gasteiger partial charge is 0.490 e. The molecule has 1 unspecified atom stereocenters. The summed E-state index contributed by atoms with van der Waals surface area (Å²) in [6.07, 6.45) is 0.982. The predicted molar refractivity (Wildman–Crippen MR) is 135 cm³/mol. The maximum absolute atomic E-state index is 5.87. The molecule has 1 saturated heterocycles. The number of rotatable bonds is 9. The second-order valence-electron chi connectivity index (χ2n) is 8.70. The Labute approximate surface area is 198 Å². The lowest BCUT2D eigenvalue weighted by Crippen LogP contribution is -2.53. The van der Waals surface area contributed by atoms with Gasteiger partial charge < -0.3 is 14.4 Å². The van der Waals surface area contributed by atoms with Crippen LogP contribution in [0.15, 0.2) is 78.9 Å². The summed E-state index contributed by atoms with van der Waals surface area (Å²) in [6.45, 7) is 8.41. The number of likely N-dealkylation sites (N-methyl/N-ethyl adjacent to an activating group) is 1. The monoisotopic (exact) mass is 444 g/mol. The third-order valence-electron chi connectivity index (χ3n) is 6.48. The van der Waals surface area contributed by atoms with Gasteiger partial charge in [-0.25, -0.2) is 0 Å². The van der Waals surface area contributed by atoms with E-state index in [4.69, 9.17) is 9.47 Å². The Morgan fingerprint density at radius 3 is 2.00 bits per heavy atom. The first-order chi connectivity index (χ1) is 16.2. The van der Waals surface area contributed by atoms with E-state index in [1.165, 1.54) is 16.7 Å². The minimum Gasteiger partial charge on any atom is -0.490 e. The molecule has 4 nitrogen and oxygen atoms in total. The molecule has 0 aliphatic carbocycles. The second-order valence-corrected chi connectivity index (χ2v) is 8.70. The Kier molecular flexibility index (Phi) is 8.03. The molecule has 0 aromatic heterocycles. The summed E-state index contributed by atoms with van der Waals surface area (Å²) in [5, 5.41) is 0. The van der Waals surface area contributed by atoms with E-state index in [0.29, 0.717) is 19.3 Å². The van der Waals surface area contributed by atoms with E-state index in [1.807, 2.05) is 13.8 Å². The van der Waals surface area contributed by atoms with E-state index in [0.717, 1.165) is 37.6 Å². The molecule has 3 aromatic carbocycles. The van der Waals surface area contributed by atoms with Crippen LogP contribution in [0.5, 0.6) is 11.5 Å². The second kappa shape index (κ2) is 11.4. The summed E-state index contributed by atoms with van der Waals surface area (Å²) in [4.78, 5) is 5.15. The van der Waals surface area contributed by atoms with Crippen molar-refractivity contribution in [3.8, 4) is 11.5 Å². The molecular formula is C29H36N2O2. The topological polar surface area (TPSA) is 24.9 Å². The van der Waals surface area contributed by atoms with Crippen molar-refractivity contribution in [1.82, 2.24) is 9.80 Å². The lowest BCUT2D eigenvalue weighted by molar-refractivity contribution is 0.0752. The van der Waals surface area contributed by atoms with Gasteiger partial charge in [-0.2, -0.15) is 0 Å². The molecule has 3 aromatic rings. The van der Waals surface area contributed by atoms with Gasteiger partial charge >= 0.3 is 0 Å². The number of nitrogens with zero attached hydrogens (tertiary/aromatic N) is 2. The summed E-state index contributed by atoms with van der Waals surface area (Å²) in [6, 6.07) is 28.9. The maximum atomic E-state index is 5.87. The van der Waals surface area contributed by atoms with Crippen LogP contribution in [0.25, 0.3) is 0 Å². The summed E-state index contributed by atoms with van der Waals surface area (Å²) >= 11 is 0. The fraction of sp³-hybridized carbons (Fsp3) is 0.379. The number of hydrogen-bond donors (Lipinski definition) is 0. The first-order valence-electron chi connectivity index (χ1n) is 12.1. The van der Waals surface area contributed by atoms with Crippen LogP contribution < -0.4 is 9.47 Å². The third-order valence-corrected chi connectivity index (χ3v) is 6.48. The van der Waals surface area contributed by atoms with Gasteiger partial charge in [0.2, 0.25) is 0 Å². The fourth-order valence-corrected chi connectivity index (χ4v) is 4.80. The standard InChI is InChI=1S/C29H36N2O2/c1-4-32-27-17-16-23(21-28(27)33-5-2)20-26-22-31(19-18-30(26)3)29(24-12-8-6-9-13-24)25-14-10-7-11-15-25/h6-17,21,26,29H,4-5,18-20,22H2,1-3H3. The van der Waals surface area contributed by atoms with Gasteiger partial charge in [-0.05, 0) is 56.1 Å².